The van der Waals surface area contributed by atoms with Crippen LogP contribution in [0.3, 0.4) is 0 Å². The third-order valence-electron chi connectivity index (χ3n) is 8.99. The van der Waals surface area contributed by atoms with E-state index in [1.54, 1.807) is 0 Å². The van der Waals surface area contributed by atoms with Crippen molar-refractivity contribution in [2.75, 3.05) is 0 Å². The van der Waals surface area contributed by atoms with Crippen LogP contribution in [0.15, 0.2) is 168 Å². The van der Waals surface area contributed by atoms with Gasteiger partial charge in [0.2, 0.25) is 11.0 Å². The summed E-state index contributed by atoms with van der Waals surface area (Å²) >= 11 is 6.38. The van der Waals surface area contributed by atoms with E-state index in [-0.39, 0.29) is 5.28 Å². The van der Waals surface area contributed by atoms with Crippen molar-refractivity contribution in [1.29, 1.82) is 0 Å². The van der Waals surface area contributed by atoms with Crippen LogP contribution >= 0.6 is 11.6 Å². The number of para-hydroxylation sites is 1. The first-order valence-electron chi connectivity index (χ1n) is 16.3. The number of hydrogen-bond donors (Lipinski definition) is 0. The molecule has 9 aromatic rings. The van der Waals surface area contributed by atoms with E-state index in [0.717, 1.165) is 83.5 Å². The standard InChI is InChI=1S/C44H27ClN4O/c45-44-48-42(41-37-7-1-2-10-40(37)50-43(41)49-44)33-21-15-30(16-22-33)36-26-34(28-11-17-31(18-12-28)38-8-3-5-23-46-38)25-35(27-36)29-13-19-32(20-14-29)39-9-4-6-24-47-39/h1-27H. The van der Waals surface area contributed by atoms with Crippen molar-refractivity contribution < 1.29 is 4.42 Å². The fraction of sp³-hybridized carbons (Fsp3) is 0. The van der Waals surface area contributed by atoms with Crippen molar-refractivity contribution in [2.24, 2.45) is 0 Å². The van der Waals surface area contributed by atoms with Gasteiger partial charge in [-0.15, -0.1) is 0 Å². The molecule has 0 spiro atoms. The zero-order valence-corrected chi connectivity index (χ0v) is 27.4. The Labute approximate surface area is 293 Å². The molecule has 50 heavy (non-hydrogen) atoms. The fourth-order valence-electron chi connectivity index (χ4n) is 6.49. The first-order valence-corrected chi connectivity index (χ1v) is 16.7. The van der Waals surface area contributed by atoms with Crippen molar-refractivity contribution in [2.45, 2.75) is 0 Å². The second kappa shape index (κ2) is 12.5. The predicted molar refractivity (Wildman–Crippen MR) is 203 cm³/mol. The second-order valence-electron chi connectivity index (χ2n) is 12.1. The molecule has 0 aliphatic heterocycles. The average molecular weight is 663 g/mol. The van der Waals surface area contributed by atoms with E-state index in [0.29, 0.717) is 5.71 Å². The van der Waals surface area contributed by atoms with Crippen LogP contribution in [0.25, 0.3) is 89.2 Å². The Kier molecular flexibility index (Phi) is 7.45. The lowest BCUT2D eigenvalue weighted by Crippen LogP contribution is -1.90. The largest absolute Gasteiger partial charge is 0.438 e. The molecule has 0 fully saturated rings. The molecule has 5 aromatic carbocycles. The van der Waals surface area contributed by atoms with Crippen molar-refractivity contribution in [1.82, 2.24) is 19.9 Å². The lowest BCUT2D eigenvalue weighted by Gasteiger charge is -2.13. The summed E-state index contributed by atoms with van der Waals surface area (Å²) in [6.45, 7) is 0. The Morgan fingerprint density at radius 3 is 1.38 bits per heavy atom. The van der Waals surface area contributed by atoms with Crippen LogP contribution in [0.4, 0.5) is 0 Å². The van der Waals surface area contributed by atoms with Gasteiger partial charge in [0.1, 0.15) is 5.58 Å². The van der Waals surface area contributed by atoms with Gasteiger partial charge in [-0.2, -0.15) is 4.98 Å². The van der Waals surface area contributed by atoms with Crippen LogP contribution in [-0.2, 0) is 0 Å². The molecule has 4 aromatic heterocycles. The first-order chi connectivity index (χ1) is 24.7. The predicted octanol–water partition coefficient (Wildman–Crippen LogP) is 11.8. The van der Waals surface area contributed by atoms with Crippen molar-refractivity contribution >= 4 is 33.7 Å². The maximum atomic E-state index is 6.38. The topological polar surface area (TPSA) is 64.7 Å². The number of rotatable bonds is 6. The summed E-state index contributed by atoms with van der Waals surface area (Å²) in [5.74, 6) is 0. The lowest BCUT2D eigenvalue weighted by atomic mass is 9.92. The van der Waals surface area contributed by atoms with Crippen LogP contribution in [-0.4, -0.2) is 19.9 Å². The Morgan fingerprint density at radius 2 is 0.880 bits per heavy atom. The third-order valence-corrected chi connectivity index (χ3v) is 9.16. The van der Waals surface area contributed by atoms with Gasteiger partial charge >= 0.3 is 0 Å². The first kappa shape index (κ1) is 29.7. The molecule has 0 saturated heterocycles. The van der Waals surface area contributed by atoms with E-state index >= 15 is 0 Å². The minimum atomic E-state index is 0.149. The number of pyridine rings is 2. The van der Waals surface area contributed by atoms with Crippen LogP contribution in [0.5, 0.6) is 0 Å². The summed E-state index contributed by atoms with van der Waals surface area (Å²) in [5, 5.41) is 1.96. The summed E-state index contributed by atoms with van der Waals surface area (Å²) in [6, 6.07) is 52.2. The zero-order chi connectivity index (χ0) is 33.4. The van der Waals surface area contributed by atoms with Crippen molar-refractivity contribution in [3.8, 4) is 67.2 Å². The minimum absolute atomic E-state index is 0.149. The quantitative estimate of drug-likeness (QED) is 0.166. The highest BCUT2D eigenvalue weighted by Gasteiger charge is 2.17. The maximum Gasteiger partial charge on any atom is 0.232 e. The smallest absolute Gasteiger partial charge is 0.232 e. The van der Waals surface area contributed by atoms with Crippen molar-refractivity contribution in [3.63, 3.8) is 0 Å². The summed E-state index contributed by atoms with van der Waals surface area (Å²) in [4.78, 5) is 18.1. The molecule has 6 heteroatoms. The van der Waals surface area contributed by atoms with Crippen LogP contribution in [0, 0.1) is 0 Å². The van der Waals surface area contributed by atoms with E-state index < -0.39 is 0 Å². The van der Waals surface area contributed by atoms with Gasteiger partial charge in [0.25, 0.3) is 0 Å². The molecule has 9 rings (SSSR count). The Hall–Kier alpha value is -6.43. The minimum Gasteiger partial charge on any atom is -0.438 e. The third kappa shape index (κ3) is 5.60. The maximum absolute atomic E-state index is 6.38. The molecule has 0 unspecified atom stereocenters. The Morgan fingerprint density at radius 1 is 0.420 bits per heavy atom. The molecule has 0 saturated carbocycles. The fourth-order valence-corrected chi connectivity index (χ4v) is 6.65. The lowest BCUT2D eigenvalue weighted by molar-refractivity contribution is 0.653. The van der Waals surface area contributed by atoms with Gasteiger partial charge in [-0.05, 0) is 93.5 Å². The van der Waals surface area contributed by atoms with Crippen LogP contribution in [0.1, 0.15) is 0 Å². The Bertz CT molecular complexity index is 2520. The molecule has 0 radical (unpaired) electrons. The molecule has 0 N–H and O–H groups in total. The number of aromatic nitrogens is 4. The van der Waals surface area contributed by atoms with Gasteiger partial charge in [0, 0.05) is 34.5 Å². The molecular formula is C44H27ClN4O. The summed E-state index contributed by atoms with van der Waals surface area (Å²) < 4.78 is 6.02. The summed E-state index contributed by atoms with van der Waals surface area (Å²) in [6.07, 6.45) is 3.64. The summed E-state index contributed by atoms with van der Waals surface area (Å²) in [7, 11) is 0. The van der Waals surface area contributed by atoms with Gasteiger partial charge in [0.15, 0.2) is 0 Å². The normalized spacial score (nSPS) is 11.3. The number of halogens is 1. The molecule has 236 valence electrons. The number of benzene rings is 5. The molecule has 4 heterocycles. The molecular weight excluding hydrogens is 636 g/mol. The van der Waals surface area contributed by atoms with Crippen LogP contribution < -0.4 is 0 Å². The van der Waals surface area contributed by atoms with Gasteiger partial charge in [-0.1, -0.05) is 103 Å². The molecule has 0 atom stereocenters. The number of fused-ring (bicyclic) bond motifs is 3. The van der Waals surface area contributed by atoms with E-state index in [1.165, 1.54) is 0 Å². The zero-order valence-electron chi connectivity index (χ0n) is 26.7. The van der Waals surface area contributed by atoms with E-state index in [1.807, 2.05) is 73.1 Å². The van der Waals surface area contributed by atoms with Crippen LogP contribution in [0.2, 0.25) is 5.28 Å². The highest BCUT2D eigenvalue weighted by Crippen LogP contribution is 2.38. The monoisotopic (exact) mass is 662 g/mol. The molecule has 0 amide bonds. The van der Waals surface area contributed by atoms with Gasteiger partial charge < -0.3 is 4.42 Å². The molecule has 0 aliphatic rings. The van der Waals surface area contributed by atoms with E-state index in [9.17, 15) is 0 Å². The highest BCUT2D eigenvalue weighted by atomic mass is 35.5. The highest BCUT2D eigenvalue weighted by molar-refractivity contribution is 6.29. The van der Waals surface area contributed by atoms with Gasteiger partial charge in [-0.3, -0.25) is 9.97 Å². The number of hydrogen-bond acceptors (Lipinski definition) is 5. The summed E-state index contributed by atoms with van der Waals surface area (Å²) in [5.41, 5.74) is 13.6. The average Bonchev–Trinajstić information content (AvgIpc) is 3.56. The molecule has 0 bridgehead atoms. The second-order valence-corrected chi connectivity index (χ2v) is 12.4. The Balaban J connectivity index is 1.13. The van der Waals surface area contributed by atoms with E-state index in [2.05, 4.69) is 111 Å². The molecule has 5 nitrogen and oxygen atoms in total. The number of nitrogens with zero attached hydrogens (tertiary/aromatic N) is 4. The SMILES string of the molecule is Clc1nc(-c2ccc(-c3cc(-c4ccc(-c5ccccn5)cc4)cc(-c4ccc(-c5ccccn5)cc4)c3)cc2)c2c(n1)oc1ccccc12. The van der Waals surface area contributed by atoms with E-state index in [4.69, 9.17) is 16.0 Å². The number of furan rings is 1. The van der Waals surface area contributed by atoms with Gasteiger partial charge in [-0.25, -0.2) is 4.98 Å². The van der Waals surface area contributed by atoms with Gasteiger partial charge in [0.05, 0.1) is 22.5 Å². The molecule has 0 aliphatic carbocycles. The van der Waals surface area contributed by atoms with Crippen molar-refractivity contribution in [3.05, 3.63) is 169 Å².